The fourth-order valence-corrected chi connectivity index (χ4v) is 2.23. The Morgan fingerprint density at radius 3 is 2.61 bits per heavy atom. The molecule has 18 heavy (non-hydrogen) atoms. The smallest absolute Gasteiger partial charge is 0.220 e. The third kappa shape index (κ3) is 5.36. The average molecular weight is 255 g/mol. The third-order valence-corrected chi connectivity index (χ3v) is 4.17. The maximum atomic E-state index is 11.8. The Morgan fingerprint density at radius 1 is 1.44 bits per heavy atom. The van der Waals surface area contributed by atoms with Crippen molar-refractivity contribution >= 4 is 5.91 Å². The number of nitrogens with zero attached hydrogens (tertiary/aromatic N) is 1. The summed E-state index contributed by atoms with van der Waals surface area (Å²) in [6.45, 7) is 8.12. The van der Waals surface area contributed by atoms with Crippen LogP contribution in [0.25, 0.3) is 0 Å². The predicted octanol–water partition coefficient (Wildman–Crippen LogP) is 1.21. The number of nitrogens with one attached hydrogen (secondary N) is 1. The largest absolute Gasteiger partial charge is 0.356 e. The van der Waals surface area contributed by atoms with Crippen LogP contribution in [0, 0.1) is 11.3 Å². The van der Waals surface area contributed by atoms with Crippen LogP contribution in [0.4, 0.5) is 0 Å². The van der Waals surface area contributed by atoms with Crippen molar-refractivity contribution in [3.05, 3.63) is 0 Å². The molecule has 0 spiro atoms. The molecular formula is C14H29N3O. The summed E-state index contributed by atoms with van der Waals surface area (Å²) in [5.74, 6) is 0.616. The standard InChI is InChI=1S/C14H29N3O/c1-12(10-15)4-5-13(18)16-11-14(2)6-8-17(3)9-7-14/h12H,4-11,15H2,1-3H3,(H,16,18). The molecule has 3 N–H and O–H groups in total. The number of nitrogens with two attached hydrogens (primary N) is 1. The van der Waals surface area contributed by atoms with Crippen molar-refractivity contribution in [1.29, 1.82) is 0 Å². The second-order valence-corrected chi connectivity index (χ2v) is 6.27. The molecule has 0 radical (unpaired) electrons. The van der Waals surface area contributed by atoms with Crippen LogP contribution in [0.1, 0.15) is 39.5 Å². The van der Waals surface area contributed by atoms with E-state index in [1.807, 2.05) is 0 Å². The van der Waals surface area contributed by atoms with E-state index in [4.69, 9.17) is 5.73 Å². The topological polar surface area (TPSA) is 58.4 Å². The van der Waals surface area contributed by atoms with Gasteiger partial charge in [0.05, 0.1) is 0 Å². The normalized spacial score (nSPS) is 21.6. The summed E-state index contributed by atoms with van der Waals surface area (Å²) in [5.41, 5.74) is 5.83. The SMILES string of the molecule is CC(CN)CCC(=O)NCC1(C)CCN(C)CC1. The van der Waals surface area contributed by atoms with Gasteiger partial charge in [-0.2, -0.15) is 0 Å². The summed E-state index contributed by atoms with van der Waals surface area (Å²) in [6, 6.07) is 0. The highest BCUT2D eigenvalue weighted by atomic mass is 16.1. The van der Waals surface area contributed by atoms with E-state index in [1.54, 1.807) is 0 Å². The molecule has 1 amide bonds. The number of amides is 1. The second-order valence-electron chi connectivity index (χ2n) is 6.27. The van der Waals surface area contributed by atoms with Gasteiger partial charge in [0.1, 0.15) is 0 Å². The van der Waals surface area contributed by atoms with Crippen LogP contribution < -0.4 is 11.1 Å². The Hall–Kier alpha value is -0.610. The Kier molecular flexibility index (Phi) is 6.09. The van der Waals surface area contributed by atoms with E-state index in [0.717, 1.165) is 26.1 Å². The Bertz CT molecular complexity index is 260. The van der Waals surface area contributed by atoms with Crippen LogP contribution in [-0.4, -0.2) is 44.0 Å². The highest BCUT2D eigenvalue weighted by Gasteiger charge is 2.28. The highest BCUT2D eigenvalue weighted by Crippen LogP contribution is 2.29. The van der Waals surface area contributed by atoms with Crippen molar-refractivity contribution in [3.63, 3.8) is 0 Å². The minimum absolute atomic E-state index is 0.176. The highest BCUT2D eigenvalue weighted by molar-refractivity contribution is 5.75. The molecule has 0 saturated carbocycles. The zero-order chi connectivity index (χ0) is 13.6. The van der Waals surface area contributed by atoms with Gasteiger partial charge in [-0.3, -0.25) is 4.79 Å². The molecule has 1 fully saturated rings. The number of carbonyl (C=O) groups is 1. The average Bonchev–Trinajstić information content (AvgIpc) is 2.37. The molecule has 0 bridgehead atoms. The van der Waals surface area contributed by atoms with Crippen molar-refractivity contribution in [2.75, 3.05) is 33.2 Å². The van der Waals surface area contributed by atoms with E-state index in [2.05, 4.69) is 31.1 Å². The van der Waals surface area contributed by atoms with Gasteiger partial charge in [-0.1, -0.05) is 13.8 Å². The van der Waals surface area contributed by atoms with E-state index in [9.17, 15) is 4.79 Å². The number of piperidine rings is 1. The van der Waals surface area contributed by atoms with Crippen LogP contribution in [-0.2, 0) is 4.79 Å². The van der Waals surface area contributed by atoms with Gasteiger partial charge in [0, 0.05) is 13.0 Å². The van der Waals surface area contributed by atoms with Crippen molar-refractivity contribution in [2.24, 2.45) is 17.1 Å². The Labute approximate surface area is 111 Å². The lowest BCUT2D eigenvalue weighted by Gasteiger charge is -2.38. The first kappa shape index (κ1) is 15.4. The summed E-state index contributed by atoms with van der Waals surface area (Å²) in [7, 11) is 2.16. The number of likely N-dealkylation sites (tertiary alicyclic amines) is 1. The Balaban J connectivity index is 2.21. The molecule has 1 rings (SSSR count). The molecule has 1 saturated heterocycles. The maximum Gasteiger partial charge on any atom is 0.220 e. The van der Waals surface area contributed by atoms with Gasteiger partial charge in [0.25, 0.3) is 0 Å². The van der Waals surface area contributed by atoms with E-state index in [0.29, 0.717) is 18.9 Å². The molecular weight excluding hydrogens is 226 g/mol. The van der Waals surface area contributed by atoms with Crippen LogP contribution in [0.5, 0.6) is 0 Å². The maximum absolute atomic E-state index is 11.8. The van der Waals surface area contributed by atoms with Gasteiger partial charge in [0.2, 0.25) is 5.91 Å². The third-order valence-electron chi connectivity index (χ3n) is 4.17. The fraction of sp³-hybridized carbons (Fsp3) is 0.929. The first-order valence-electron chi connectivity index (χ1n) is 7.10. The molecule has 0 aromatic carbocycles. The number of rotatable bonds is 6. The molecule has 1 aliphatic heterocycles. The Morgan fingerprint density at radius 2 is 2.06 bits per heavy atom. The number of carbonyl (C=O) groups excluding carboxylic acids is 1. The summed E-state index contributed by atoms with van der Waals surface area (Å²) < 4.78 is 0. The number of hydrogen-bond donors (Lipinski definition) is 2. The molecule has 106 valence electrons. The molecule has 4 nitrogen and oxygen atoms in total. The van der Waals surface area contributed by atoms with Crippen LogP contribution >= 0.6 is 0 Å². The van der Waals surface area contributed by atoms with Crippen LogP contribution in [0.2, 0.25) is 0 Å². The molecule has 4 heteroatoms. The quantitative estimate of drug-likeness (QED) is 0.750. The molecule has 0 aromatic heterocycles. The molecule has 1 aliphatic rings. The first-order valence-corrected chi connectivity index (χ1v) is 7.10. The summed E-state index contributed by atoms with van der Waals surface area (Å²) in [6.07, 6.45) is 3.84. The lowest BCUT2D eigenvalue weighted by atomic mass is 9.80. The van der Waals surface area contributed by atoms with Gasteiger partial charge >= 0.3 is 0 Å². The van der Waals surface area contributed by atoms with E-state index < -0.39 is 0 Å². The van der Waals surface area contributed by atoms with Gasteiger partial charge in [0.15, 0.2) is 0 Å². The minimum Gasteiger partial charge on any atom is -0.356 e. The van der Waals surface area contributed by atoms with Gasteiger partial charge < -0.3 is 16.0 Å². The minimum atomic E-state index is 0.176. The molecule has 1 atom stereocenters. The zero-order valence-corrected chi connectivity index (χ0v) is 12.2. The fourth-order valence-electron chi connectivity index (χ4n) is 2.23. The molecule has 0 aliphatic carbocycles. The van der Waals surface area contributed by atoms with Crippen molar-refractivity contribution < 1.29 is 4.79 Å². The first-order chi connectivity index (χ1) is 8.45. The van der Waals surface area contributed by atoms with E-state index in [1.165, 1.54) is 12.8 Å². The molecule has 1 unspecified atom stereocenters. The number of hydrogen-bond acceptors (Lipinski definition) is 3. The lowest BCUT2D eigenvalue weighted by Crippen LogP contribution is -2.43. The van der Waals surface area contributed by atoms with E-state index in [-0.39, 0.29) is 11.3 Å². The molecule has 0 aromatic rings. The summed E-state index contributed by atoms with van der Waals surface area (Å²) in [5, 5.41) is 3.09. The van der Waals surface area contributed by atoms with Gasteiger partial charge in [-0.05, 0) is 57.3 Å². The van der Waals surface area contributed by atoms with Crippen LogP contribution in [0.3, 0.4) is 0 Å². The molecule has 1 heterocycles. The second kappa shape index (κ2) is 7.10. The monoisotopic (exact) mass is 255 g/mol. The summed E-state index contributed by atoms with van der Waals surface area (Å²) >= 11 is 0. The summed E-state index contributed by atoms with van der Waals surface area (Å²) in [4.78, 5) is 14.1. The predicted molar refractivity (Wildman–Crippen MR) is 75.3 cm³/mol. The van der Waals surface area contributed by atoms with Gasteiger partial charge in [-0.25, -0.2) is 0 Å². The lowest BCUT2D eigenvalue weighted by molar-refractivity contribution is -0.122. The van der Waals surface area contributed by atoms with Crippen molar-refractivity contribution in [3.8, 4) is 0 Å². The van der Waals surface area contributed by atoms with Gasteiger partial charge in [-0.15, -0.1) is 0 Å². The van der Waals surface area contributed by atoms with Crippen LogP contribution in [0.15, 0.2) is 0 Å². The van der Waals surface area contributed by atoms with Crippen molar-refractivity contribution in [2.45, 2.75) is 39.5 Å². The van der Waals surface area contributed by atoms with E-state index >= 15 is 0 Å². The van der Waals surface area contributed by atoms with Crippen molar-refractivity contribution in [1.82, 2.24) is 10.2 Å². The zero-order valence-electron chi connectivity index (χ0n) is 12.2.